The number of likely N-dealkylation sites (N-methyl/N-ethyl adjacent to an activating group) is 1. The normalized spacial score (nSPS) is 19.6. The number of hydrogen-bond donors (Lipinski definition) is 2. The Morgan fingerprint density at radius 3 is 2.60 bits per heavy atom. The average molecular weight is 485 g/mol. The number of halogens is 2. The van der Waals surface area contributed by atoms with Crippen LogP contribution >= 0.6 is 0 Å². The van der Waals surface area contributed by atoms with Crippen molar-refractivity contribution in [3.05, 3.63) is 53.4 Å². The predicted octanol–water partition coefficient (Wildman–Crippen LogP) is 3.26. The number of pyridine rings is 1. The first-order valence-corrected chi connectivity index (χ1v) is 11.5. The molecule has 1 aliphatic carbocycles. The number of morpholine rings is 1. The van der Waals surface area contributed by atoms with Crippen LogP contribution in [0.5, 0.6) is 0 Å². The van der Waals surface area contributed by atoms with Gasteiger partial charge in [0.2, 0.25) is 5.91 Å². The van der Waals surface area contributed by atoms with Crippen molar-refractivity contribution in [3.8, 4) is 11.3 Å². The molecule has 1 aromatic carbocycles. The molecule has 35 heavy (non-hydrogen) atoms. The van der Waals surface area contributed by atoms with Crippen molar-refractivity contribution in [1.29, 1.82) is 0 Å². The first-order chi connectivity index (χ1) is 16.7. The van der Waals surface area contributed by atoms with E-state index in [1.807, 2.05) is 36.7 Å². The number of rotatable bonds is 6. The molecule has 0 spiro atoms. The number of carbonyl (C=O) groups excluding carboxylic acids is 1. The Morgan fingerprint density at radius 2 is 1.97 bits per heavy atom. The average Bonchev–Trinajstić information content (AvgIpc) is 3.53. The summed E-state index contributed by atoms with van der Waals surface area (Å²) >= 11 is 0. The van der Waals surface area contributed by atoms with Crippen LogP contribution in [0, 0.1) is 24.0 Å². The molecule has 2 fully saturated rings. The van der Waals surface area contributed by atoms with E-state index >= 15 is 8.78 Å². The zero-order valence-corrected chi connectivity index (χ0v) is 19.5. The third kappa shape index (κ3) is 4.28. The van der Waals surface area contributed by atoms with Gasteiger partial charge in [-0.1, -0.05) is 0 Å². The molecule has 184 valence electrons. The summed E-state index contributed by atoms with van der Waals surface area (Å²) < 4.78 is 38.4. The fourth-order valence-electron chi connectivity index (χ4n) is 4.58. The monoisotopic (exact) mass is 484 g/mol. The molecule has 1 saturated carbocycles. The van der Waals surface area contributed by atoms with Crippen molar-refractivity contribution in [2.45, 2.75) is 32.3 Å². The number of carboxylic acids is 1. The molecule has 3 aromatic rings. The number of aryl methyl sites for hydroxylation is 1. The molecule has 2 aliphatic rings. The second-order valence-electron chi connectivity index (χ2n) is 9.45. The van der Waals surface area contributed by atoms with E-state index in [1.165, 1.54) is 0 Å². The number of nitrogens with one attached hydrogen (secondary N) is 1. The van der Waals surface area contributed by atoms with Crippen LogP contribution in [-0.2, 0) is 20.7 Å². The van der Waals surface area contributed by atoms with Crippen molar-refractivity contribution in [2.75, 3.05) is 32.1 Å². The Balaban J connectivity index is 1.53. The molecular formula is C25H26F2N4O4. The summed E-state index contributed by atoms with van der Waals surface area (Å²) in [6, 6.07) is 5.74. The van der Waals surface area contributed by atoms with Crippen molar-refractivity contribution in [3.63, 3.8) is 0 Å². The highest BCUT2D eigenvalue weighted by molar-refractivity contribution is 6.10. The Morgan fingerprint density at radius 1 is 1.26 bits per heavy atom. The summed E-state index contributed by atoms with van der Waals surface area (Å²) in [4.78, 5) is 30.5. The van der Waals surface area contributed by atoms with E-state index in [0.29, 0.717) is 30.9 Å². The number of anilines is 1. The number of imidazole rings is 1. The lowest BCUT2D eigenvalue weighted by atomic mass is 10.0. The molecule has 1 amide bonds. The molecule has 1 atom stereocenters. The summed E-state index contributed by atoms with van der Waals surface area (Å²) in [7, 11) is 2.00. The fourth-order valence-corrected chi connectivity index (χ4v) is 4.58. The van der Waals surface area contributed by atoms with Crippen LogP contribution < -0.4 is 5.32 Å². The lowest BCUT2D eigenvalue weighted by Crippen LogP contribution is -2.41. The summed E-state index contributed by atoms with van der Waals surface area (Å²) in [5, 5.41) is 11.6. The van der Waals surface area contributed by atoms with Gasteiger partial charge in [0.15, 0.2) is 0 Å². The van der Waals surface area contributed by atoms with Gasteiger partial charge < -0.3 is 24.5 Å². The molecule has 1 saturated heterocycles. The molecule has 1 unspecified atom stereocenters. The molecule has 2 aromatic heterocycles. The number of aromatic nitrogens is 2. The lowest BCUT2D eigenvalue weighted by Gasteiger charge is -2.30. The van der Waals surface area contributed by atoms with Gasteiger partial charge in [0.1, 0.15) is 22.7 Å². The van der Waals surface area contributed by atoms with Gasteiger partial charge in [-0.25, -0.2) is 13.8 Å². The highest BCUT2D eigenvalue weighted by Crippen LogP contribution is 2.47. The molecule has 3 heterocycles. The molecule has 2 N–H and O–H groups in total. The standard InChI is InChI=1S/C25H26F2N4O4/c1-14-3-6-31-19(12-16-13-30(2)7-8-35-16)22(29-20(31)9-14)21-17(26)10-15(11-18(21)27)28-23(32)25(4-5-25)24(33)34/h3,6,9-11,16H,4-5,7-8,12-13H2,1-2H3,(H,28,32)(H,33,34). The molecule has 5 rings (SSSR count). The summed E-state index contributed by atoms with van der Waals surface area (Å²) in [5.74, 6) is -3.82. The van der Waals surface area contributed by atoms with Crippen molar-refractivity contribution < 1.29 is 28.2 Å². The largest absolute Gasteiger partial charge is 0.480 e. The second-order valence-corrected chi connectivity index (χ2v) is 9.45. The van der Waals surface area contributed by atoms with Gasteiger partial charge in [0.05, 0.1) is 29.7 Å². The number of benzene rings is 1. The van der Waals surface area contributed by atoms with Crippen LogP contribution in [0.4, 0.5) is 14.5 Å². The van der Waals surface area contributed by atoms with E-state index in [4.69, 9.17) is 4.74 Å². The Hall–Kier alpha value is -3.37. The van der Waals surface area contributed by atoms with Crippen LogP contribution in [0.2, 0.25) is 0 Å². The van der Waals surface area contributed by atoms with Gasteiger partial charge in [0, 0.05) is 31.4 Å². The molecule has 0 radical (unpaired) electrons. The summed E-state index contributed by atoms with van der Waals surface area (Å²) in [6.07, 6.45) is 2.46. The smallest absolute Gasteiger partial charge is 0.319 e. The maximum Gasteiger partial charge on any atom is 0.319 e. The number of hydrogen-bond acceptors (Lipinski definition) is 5. The van der Waals surface area contributed by atoms with Crippen LogP contribution in [0.3, 0.4) is 0 Å². The number of ether oxygens (including phenoxy) is 1. The Bertz CT molecular complexity index is 1310. The number of aliphatic carboxylic acids is 1. The first-order valence-electron chi connectivity index (χ1n) is 11.5. The maximum absolute atomic E-state index is 15.3. The summed E-state index contributed by atoms with van der Waals surface area (Å²) in [5.41, 5.74) is 0.351. The van der Waals surface area contributed by atoms with E-state index in [1.54, 1.807) is 0 Å². The van der Waals surface area contributed by atoms with Crippen LogP contribution in [0.15, 0.2) is 30.5 Å². The third-order valence-corrected chi connectivity index (χ3v) is 6.77. The zero-order valence-electron chi connectivity index (χ0n) is 19.5. The van der Waals surface area contributed by atoms with E-state index < -0.39 is 28.9 Å². The van der Waals surface area contributed by atoms with Crippen molar-refractivity contribution in [1.82, 2.24) is 14.3 Å². The van der Waals surface area contributed by atoms with Gasteiger partial charge in [-0.15, -0.1) is 0 Å². The molecule has 0 bridgehead atoms. The van der Waals surface area contributed by atoms with Crippen molar-refractivity contribution >= 4 is 23.2 Å². The number of carbonyl (C=O) groups is 2. The number of fused-ring (bicyclic) bond motifs is 1. The number of carboxylic acid groups (broad SMARTS) is 1. The number of amides is 1. The minimum Gasteiger partial charge on any atom is -0.480 e. The predicted molar refractivity (Wildman–Crippen MR) is 124 cm³/mol. The van der Waals surface area contributed by atoms with Crippen LogP contribution in [-0.4, -0.2) is 64.1 Å². The highest BCUT2D eigenvalue weighted by Gasteiger charge is 2.57. The second kappa shape index (κ2) is 8.69. The van der Waals surface area contributed by atoms with Gasteiger partial charge in [0.25, 0.3) is 0 Å². The molecule has 10 heteroatoms. The van der Waals surface area contributed by atoms with Gasteiger partial charge in [-0.05, 0) is 56.6 Å². The van der Waals surface area contributed by atoms with Gasteiger partial charge in [-0.3, -0.25) is 9.59 Å². The van der Waals surface area contributed by atoms with E-state index in [2.05, 4.69) is 15.2 Å². The minimum atomic E-state index is -1.52. The lowest BCUT2D eigenvalue weighted by molar-refractivity contribution is -0.147. The van der Waals surface area contributed by atoms with Crippen LogP contribution in [0.1, 0.15) is 24.1 Å². The SMILES string of the molecule is Cc1ccn2c(CC3CN(C)CCO3)c(-c3c(F)cc(NC(=O)C4(C(=O)O)CC4)cc3F)nc2c1. The number of nitrogens with zero attached hydrogens (tertiary/aromatic N) is 3. The maximum atomic E-state index is 15.3. The third-order valence-electron chi connectivity index (χ3n) is 6.77. The van der Waals surface area contributed by atoms with E-state index in [0.717, 1.165) is 24.2 Å². The van der Waals surface area contributed by atoms with Crippen LogP contribution in [0.25, 0.3) is 16.9 Å². The molecule has 1 aliphatic heterocycles. The van der Waals surface area contributed by atoms with E-state index in [9.17, 15) is 14.7 Å². The summed E-state index contributed by atoms with van der Waals surface area (Å²) in [6.45, 7) is 3.98. The Labute approximate surface area is 200 Å². The fraction of sp³-hybridized carbons (Fsp3) is 0.400. The molecule has 8 nitrogen and oxygen atoms in total. The van der Waals surface area contributed by atoms with Gasteiger partial charge >= 0.3 is 5.97 Å². The quantitative estimate of drug-likeness (QED) is 0.522. The minimum absolute atomic E-state index is 0.139. The van der Waals surface area contributed by atoms with Crippen molar-refractivity contribution in [2.24, 2.45) is 5.41 Å². The molecular weight excluding hydrogens is 458 g/mol. The van der Waals surface area contributed by atoms with Gasteiger partial charge in [-0.2, -0.15) is 0 Å². The highest BCUT2D eigenvalue weighted by atomic mass is 19.1. The van der Waals surface area contributed by atoms with E-state index in [-0.39, 0.29) is 35.9 Å². The zero-order chi connectivity index (χ0) is 24.9. The topological polar surface area (TPSA) is 96.2 Å². The first kappa shape index (κ1) is 23.4. The Kier molecular flexibility index (Phi) is 5.80.